The third kappa shape index (κ3) is 9.44. The molecule has 14 heteroatoms. The van der Waals surface area contributed by atoms with Crippen LogP contribution in [0.2, 0.25) is 0 Å². The van der Waals surface area contributed by atoms with Crippen LogP contribution < -0.4 is 4.74 Å². The van der Waals surface area contributed by atoms with E-state index in [1.54, 1.807) is 23.1 Å². The molecule has 0 saturated carbocycles. The first kappa shape index (κ1) is 38.4. The molecule has 260 valence electrons. The number of nitrogens with zero attached hydrogens (tertiary/aromatic N) is 3. The minimum Gasteiger partial charge on any atom is -0.493 e. The molecule has 48 heavy (non-hydrogen) atoms. The van der Waals surface area contributed by atoms with Crippen molar-refractivity contribution < 1.29 is 38.6 Å². The van der Waals surface area contributed by atoms with Crippen LogP contribution in [0.1, 0.15) is 52.3 Å². The molecule has 2 N–H and O–H groups in total. The van der Waals surface area contributed by atoms with Crippen LogP contribution in [0.4, 0.5) is 8.92 Å². The number of thiol groups is 1. The number of rotatable bonds is 9. The summed E-state index contributed by atoms with van der Waals surface area (Å²) in [5.41, 5.74) is 5.29. The van der Waals surface area contributed by atoms with Gasteiger partial charge in [0.15, 0.2) is 5.15 Å². The van der Waals surface area contributed by atoms with E-state index >= 15 is 0 Å². The highest BCUT2D eigenvalue weighted by atomic mass is 32.1. The van der Waals surface area contributed by atoms with Crippen LogP contribution in [0, 0.1) is 0 Å². The third-order valence-corrected chi connectivity index (χ3v) is 9.92. The smallest absolute Gasteiger partial charge is 0.246 e. The van der Waals surface area contributed by atoms with E-state index in [1.165, 1.54) is 17.2 Å². The first-order chi connectivity index (χ1) is 22.6. The Bertz CT molecular complexity index is 1540. The molecule has 3 heterocycles. The molecule has 0 aliphatic carbocycles. The fraction of sp³-hybridized carbons (Fsp3) is 0.412. The third-order valence-electron chi connectivity index (χ3n) is 8.66. The summed E-state index contributed by atoms with van der Waals surface area (Å²) in [5.74, 6) is 0.673. The molecule has 3 aromatic rings. The zero-order valence-electron chi connectivity index (χ0n) is 26.7. The van der Waals surface area contributed by atoms with Gasteiger partial charge in [0, 0.05) is 44.2 Å². The number of aliphatic imine (C=N–C) groups is 1. The predicted molar refractivity (Wildman–Crippen MR) is 191 cm³/mol. The molecule has 0 radical (unpaired) electrons. The van der Waals surface area contributed by atoms with E-state index in [0.717, 1.165) is 69.2 Å². The SMILES string of the molecule is C=NC(=O)C[C@H]1c2ccccc2CCN1C(S)(OOF)c1cccc(C(F)(P)P)c1.O.c1cc2c(cc1CN1CCOCC1)OCCC2. The largest absolute Gasteiger partial charge is 0.493 e. The summed E-state index contributed by atoms with van der Waals surface area (Å²) in [7, 11) is 4.16. The fourth-order valence-corrected chi connectivity index (χ4v) is 7.00. The van der Waals surface area contributed by atoms with Crippen LogP contribution in [0.15, 0.2) is 71.7 Å². The molecule has 0 aromatic heterocycles. The molecule has 3 unspecified atom stereocenters. The van der Waals surface area contributed by atoms with Crippen molar-refractivity contribution in [2.45, 2.75) is 48.5 Å². The maximum Gasteiger partial charge on any atom is 0.246 e. The number of carbonyl (C=O) groups excluding carboxylic acids is 1. The van der Waals surface area contributed by atoms with Crippen molar-refractivity contribution in [3.63, 3.8) is 0 Å². The van der Waals surface area contributed by atoms with Crippen LogP contribution in [0.5, 0.6) is 5.75 Å². The summed E-state index contributed by atoms with van der Waals surface area (Å²) in [5, 5.41) is 0.0260. The van der Waals surface area contributed by atoms with Gasteiger partial charge in [-0.25, -0.2) is 9.38 Å². The van der Waals surface area contributed by atoms with Gasteiger partial charge in [-0.2, -0.15) is 4.89 Å². The van der Waals surface area contributed by atoms with E-state index in [9.17, 15) is 13.7 Å². The zero-order chi connectivity index (χ0) is 33.4. The van der Waals surface area contributed by atoms with Gasteiger partial charge >= 0.3 is 0 Å². The van der Waals surface area contributed by atoms with Crippen molar-refractivity contribution in [1.82, 2.24) is 9.80 Å². The van der Waals surface area contributed by atoms with E-state index in [1.807, 2.05) is 24.3 Å². The molecular weight excluding hydrogens is 678 g/mol. The quantitative estimate of drug-likeness (QED) is 0.0764. The lowest BCUT2D eigenvalue weighted by Crippen LogP contribution is -2.49. The highest BCUT2D eigenvalue weighted by Gasteiger charge is 2.46. The topological polar surface area (TPSA) is 104 Å². The number of carbonyl (C=O) groups is 1. The molecule has 0 spiro atoms. The molecule has 6 rings (SSSR count). The highest BCUT2D eigenvalue weighted by Crippen LogP contribution is 2.47. The first-order valence-electron chi connectivity index (χ1n) is 15.6. The number of morpholine rings is 1. The minimum absolute atomic E-state index is 0. The van der Waals surface area contributed by atoms with Crippen molar-refractivity contribution in [3.05, 3.63) is 100 Å². The number of hydrogen-bond acceptors (Lipinski definition) is 8. The Kier molecular flexibility index (Phi) is 14.0. The summed E-state index contributed by atoms with van der Waals surface area (Å²) >= 11 is 4.62. The molecule has 4 atom stereocenters. The van der Waals surface area contributed by atoms with E-state index in [2.05, 4.69) is 71.0 Å². The van der Waals surface area contributed by atoms with E-state index in [-0.39, 0.29) is 11.9 Å². The van der Waals surface area contributed by atoms with Gasteiger partial charge in [0.25, 0.3) is 0 Å². The average molecular weight is 722 g/mol. The highest BCUT2D eigenvalue weighted by molar-refractivity contribution is 7.81. The zero-order valence-corrected chi connectivity index (χ0v) is 29.9. The number of aryl methyl sites for hydroxylation is 1. The van der Waals surface area contributed by atoms with Gasteiger partial charge in [0.05, 0.1) is 19.8 Å². The summed E-state index contributed by atoms with van der Waals surface area (Å²) in [6, 6.07) is 20.1. The average Bonchev–Trinajstić information content (AvgIpc) is 3.09. The maximum atomic E-state index is 14.5. The van der Waals surface area contributed by atoms with Crippen LogP contribution >= 0.6 is 31.1 Å². The Morgan fingerprint density at radius 1 is 1.00 bits per heavy atom. The number of ether oxygens (including phenoxy) is 2. The molecule has 3 aromatic carbocycles. The molecule has 9 nitrogen and oxygen atoms in total. The van der Waals surface area contributed by atoms with Gasteiger partial charge in [-0.05, 0) is 75.5 Å². The Morgan fingerprint density at radius 3 is 2.48 bits per heavy atom. The monoisotopic (exact) mass is 721 g/mol. The Hall–Kier alpha value is -2.37. The Morgan fingerprint density at radius 2 is 1.75 bits per heavy atom. The van der Waals surface area contributed by atoms with Crippen molar-refractivity contribution >= 4 is 43.7 Å². The second-order valence-electron chi connectivity index (χ2n) is 11.8. The standard InChI is InChI=1S/C20H22F2N2O3P2S.C14H19NO2.H2O/c1-23-18(25)12-17-16-8-3-2-5-13(16)9-10-24(17)20(30,26-27-22)15-7-4-6-14(11-15)19(21,28)29;1-2-13-4-3-12(10-14(13)17-7-1)11-15-5-8-16-9-6-15;/h2-8,11,17,30H,1,9-10,12,28-29H2;3-4,10H,1-2,5-9,11H2;1H2/t17-,20?;;/m0../s1. The van der Waals surface area contributed by atoms with E-state index in [4.69, 9.17) is 14.4 Å². The summed E-state index contributed by atoms with van der Waals surface area (Å²) < 4.78 is 38.6. The second kappa shape index (κ2) is 17.5. The first-order valence-corrected chi connectivity index (χ1v) is 17.2. The molecule has 0 bridgehead atoms. The minimum atomic E-state index is -1.79. The molecule has 3 aliphatic heterocycles. The molecule has 3 aliphatic rings. The van der Waals surface area contributed by atoms with Gasteiger partial charge in [-0.15, -0.1) is 12.6 Å². The normalized spacial score (nSPS) is 19.2. The second-order valence-corrected chi connectivity index (χ2v) is 14.8. The molecule has 1 fully saturated rings. The van der Waals surface area contributed by atoms with E-state index < -0.39 is 22.2 Å². The maximum absolute atomic E-state index is 14.5. The lowest BCUT2D eigenvalue weighted by molar-refractivity contribution is -0.480. The molecule has 1 saturated heterocycles. The van der Waals surface area contributed by atoms with Crippen molar-refractivity contribution in [3.8, 4) is 5.75 Å². The van der Waals surface area contributed by atoms with Gasteiger partial charge in [0.2, 0.25) is 11.0 Å². The fourth-order valence-electron chi connectivity index (χ4n) is 6.23. The number of benzene rings is 3. The Labute approximate surface area is 290 Å². The van der Waals surface area contributed by atoms with Crippen molar-refractivity contribution in [2.24, 2.45) is 4.99 Å². The van der Waals surface area contributed by atoms with Crippen LogP contribution in [0.25, 0.3) is 0 Å². The number of fused-ring (bicyclic) bond motifs is 2. The summed E-state index contributed by atoms with van der Waals surface area (Å²) in [6.45, 7) is 9.37. The molecule has 1 amide bonds. The van der Waals surface area contributed by atoms with Crippen LogP contribution in [0.3, 0.4) is 0 Å². The van der Waals surface area contributed by atoms with Gasteiger partial charge in [-0.1, -0.05) is 73.1 Å². The number of hydrogen-bond donors (Lipinski definition) is 1. The Balaban J connectivity index is 0.000000244. The molecular formula is C34H43F2N3O6P2S. The predicted octanol–water partition coefficient (Wildman–Crippen LogP) is 5.63. The number of alkyl halides is 1. The van der Waals surface area contributed by atoms with Crippen LogP contribution in [-0.4, -0.2) is 67.4 Å². The van der Waals surface area contributed by atoms with Gasteiger partial charge in [-0.3, -0.25) is 14.6 Å². The lowest BCUT2D eigenvalue weighted by atomic mass is 9.89. The van der Waals surface area contributed by atoms with Gasteiger partial charge in [0.1, 0.15) is 5.75 Å². The summed E-state index contributed by atoms with van der Waals surface area (Å²) in [6.07, 6.45) is 2.90. The van der Waals surface area contributed by atoms with Crippen molar-refractivity contribution in [2.75, 3.05) is 39.5 Å². The van der Waals surface area contributed by atoms with Crippen LogP contribution in [-0.2, 0) is 49.1 Å². The van der Waals surface area contributed by atoms with Gasteiger partial charge < -0.3 is 14.9 Å². The summed E-state index contributed by atoms with van der Waals surface area (Å²) in [4.78, 5) is 24.8. The van der Waals surface area contributed by atoms with Crippen molar-refractivity contribution in [1.29, 1.82) is 0 Å². The number of amides is 1. The van der Waals surface area contributed by atoms with E-state index in [0.29, 0.717) is 24.1 Å². The lowest BCUT2D eigenvalue weighted by Gasteiger charge is -2.45. The number of halogens is 2.